The molecule has 0 spiro atoms. The smallest absolute Gasteiger partial charge is 0.248 e. The number of carbonyl (C=O) groups excluding carboxylic acids is 1. The van der Waals surface area contributed by atoms with Crippen LogP contribution in [-0.2, 0) is 5.75 Å². The maximum atomic E-state index is 11.1. The van der Waals surface area contributed by atoms with Gasteiger partial charge in [-0.2, -0.15) is 0 Å². The van der Waals surface area contributed by atoms with Crippen molar-refractivity contribution in [3.05, 3.63) is 64.1 Å². The van der Waals surface area contributed by atoms with E-state index in [1.807, 2.05) is 35.7 Å². The summed E-state index contributed by atoms with van der Waals surface area (Å²) in [4.78, 5) is 23.6. The van der Waals surface area contributed by atoms with Crippen molar-refractivity contribution in [3.63, 3.8) is 0 Å². The second-order valence-corrected chi connectivity index (χ2v) is 7.84. The summed E-state index contributed by atoms with van der Waals surface area (Å²) < 4.78 is 0. The predicted octanol–water partition coefficient (Wildman–Crippen LogP) is 4.73. The van der Waals surface area contributed by atoms with Crippen LogP contribution in [0.15, 0.2) is 53.0 Å². The molecule has 130 valence electrons. The Kier molecular flexibility index (Phi) is 4.67. The third-order valence-corrected chi connectivity index (χ3v) is 5.83. The van der Waals surface area contributed by atoms with E-state index in [9.17, 15) is 4.79 Å². The van der Waals surface area contributed by atoms with E-state index in [1.165, 1.54) is 0 Å². The molecule has 1 amide bonds. The van der Waals surface area contributed by atoms with E-state index in [2.05, 4.69) is 15.0 Å². The molecule has 0 unspecified atom stereocenters. The zero-order valence-electron chi connectivity index (χ0n) is 13.4. The lowest BCUT2D eigenvalue weighted by Crippen LogP contribution is -2.10. The molecule has 2 aromatic carbocycles. The Bertz CT molecular complexity index is 1090. The summed E-state index contributed by atoms with van der Waals surface area (Å²) >= 11 is 9.16. The maximum absolute atomic E-state index is 11.1. The lowest BCUT2D eigenvalue weighted by Gasteiger charge is -1.98. The van der Waals surface area contributed by atoms with Crippen molar-refractivity contribution in [2.45, 2.75) is 10.9 Å². The predicted molar refractivity (Wildman–Crippen MR) is 107 cm³/mol. The molecule has 0 fully saturated rings. The zero-order valence-corrected chi connectivity index (χ0v) is 15.8. The van der Waals surface area contributed by atoms with Crippen molar-refractivity contribution in [2.24, 2.45) is 5.73 Å². The number of nitrogens with zero attached hydrogens (tertiary/aromatic N) is 2. The minimum atomic E-state index is -0.431. The summed E-state index contributed by atoms with van der Waals surface area (Å²) in [6.45, 7) is 0. The van der Waals surface area contributed by atoms with Gasteiger partial charge in [0.15, 0.2) is 5.16 Å². The highest BCUT2D eigenvalue weighted by Crippen LogP contribution is 2.28. The van der Waals surface area contributed by atoms with Gasteiger partial charge >= 0.3 is 0 Å². The van der Waals surface area contributed by atoms with Crippen LogP contribution >= 0.6 is 34.7 Å². The Morgan fingerprint density at radius 1 is 1.19 bits per heavy atom. The first-order valence-electron chi connectivity index (χ1n) is 7.71. The Balaban J connectivity index is 1.46. The number of imidazole rings is 1. The van der Waals surface area contributed by atoms with Gasteiger partial charge in [-0.15, -0.1) is 11.3 Å². The minimum Gasteiger partial charge on any atom is -0.366 e. The number of carbonyl (C=O) groups is 1. The first-order valence-corrected chi connectivity index (χ1v) is 9.95. The van der Waals surface area contributed by atoms with Crippen molar-refractivity contribution in [3.8, 4) is 10.6 Å². The number of hydrogen-bond donors (Lipinski definition) is 2. The SMILES string of the molecule is NC(=O)c1ccc(-c2nc(CSc3nc4ccc(Cl)cc4[nH]3)cs2)cc1. The average molecular weight is 401 g/mol. The van der Waals surface area contributed by atoms with Gasteiger partial charge in [-0.05, 0) is 30.3 Å². The van der Waals surface area contributed by atoms with Crippen LogP contribution in [0.3, 0.4) is 0 Å². The van der Waals surface area contributed by atoms with Gasteiger partial charge in [0.2, 0.25) is 5.91 Å². The second-order valence-electron chi connectivity index (χ2n) is 5.58. The molecule has 4 aromatic rings. The molecule has 5 nitrogen and oxygen atoms in total. The Morgan fingerprint density at radius 2 is 2.00 bits per heavy atom. The van der Waals surface area contributed by atoms with E-state index < -0.39 is 5.91 Å². The van der Waals surface area contributed by atoms with E-state index in [4.69, 9.17) is 17.3 Å². The fraction of sp³-hybridized carbons (Fsp3) is 0.0556. The summed E-state index contributed by atoms with van der Waals surface area (Å²) in [5, 5.41) is 4.46. The summed E-state index contributed by atoms with van der Waals surface area (Å²) in [6.07, 6.45) is 0. The highest BCUT2D eigenvalue weighted by Gasteiger charge is 2.09. The van der Waals surface area contributed by atoms with E-state index >= 15 is 0 Å². The maximum Gasteiger partial charge on any atom is 0.248 e. The number of primary amides is 1. The molecule has 0 saturated heterocycles. The number of benzene rings is 2. The summed E-state index contributed by atoms with van der Waals surface area (Å²) in [6, 6.07) is 12.7. The average Bonchev–Trinajstić information content (AvgIpc) is 3.26. The van der Waals surface area contributed by atoms with E-state index in [0.717, 1.165) is 32.5 Å². The number of amides is 1. The number of rotatable bonds is 5. The lowest BCUT2D eigenvalue weighted by molar-refractivity contribution is 0.100. The number of nitrogens with one attached hydrogen (secondary N) is 1. The van der Waals surface area contributed by atoms with Crippen LogP contribution in [0.1, 0.15) is 16.1 Å². The first-order chi connectivity index (χ1) is 12.6. The summed E-state index contributed by atoms with van der Waals surface area (Å²) in [5.41, 5.74) is 9.52. The molecule has 4 rings (SSSR count). The summed E-state index contributed by atoms with van der Waals surface area (Å²) in [5.74, 6) is 0.281. The second kappa shape index (κ2) is 7.11. The largest absolute Gasteiger partial charge is 0.366 e. The van der Waals surface area contributed by atoms with Crippen molar-refractivity contribution in [2.75, 3.05) is 0 Å². The molecule has 2 aromatic heterocycles. The lowest BCUT2D eigenvalue weighted by atomic mass is 10.1. The fourth-order valence-corrected chi connectivity index (χ4v) is 4.33. The standard InChI is InChI=1S/C18H13ClN4OS2/c19-12-5-6-14-15(7-12)23-18(22-14)26-9-13-8-25-17(21-13)11-3-1-10(2-4-11)16(20)24/h1-8H,9H2,(H2,20,24)(H,22,23). The number of nitrogens with two attached hydrogens (primary N) is 1. The van der Waals surface area contributed by atoms with Crippen LogP contribution in [0.4, 0.5) is 0 Å². The zero-order chi connectivity index (χ0) is 18.1. The third-order valence-electron chi connectivity index (χ3n) is 3.75. The van der Waals surface area contributed by atoms with Gasteiger partial charge in [-0.3, -0.25) is 4.79 Å². The number of thioether (sulfide) groups is 1. The summed E-state index contributed by atoms with van der Waals surface area (Å²) in [7, 11) is 0. The number of hydrogen-bond acceptors (Lipinski definition) is 5. The number of halogens is 1. The van der Waals surface area contributed by atoms with Gasteiger partial charge in [0.1, 0.15) is 5.01 Å². The number of H-pyrrole nitrogens is 1. The molecule has 0 radical (unpaired) electrons. The molecule has 3 N–H and O–H groups in total. The topological polar surface area (TPSA) is 84.7 Å². The number of fused-ring (bicyclic) bond motifs is 1. The molecule has 26 heavy (non-hydrogen) atoms. The monoisotopic (exact) mass is 400 g/mol. The van der Waals surface area contributed by atoms with Gasteiger partial charge in [-0.1, -0.05) is 35.5 Å². The van der Waals surface area contributed by atoms with Gasteiger partial charge in [0, 0.05) is 27.3 Å². The van der Waals surface area contributed by atoms with Gasteiger partial charge in [0.05, 0.1) is 16.7 Å². The highest BCUT2D eigenvalue weighted by atomic mass is 35.5. The van der Waals surface area contributed by atoms with Crippen molar-refractivity contribution in [1.82, 2.24) is 15.0 Å². The van der Waals surface area contributed by atoms with Crippen molar-refractivity contribution in [1.29, 1.82) is 0 Å². The van der Waals surface area contributed by atoms with Gasteiger partial charge < -0.3 is 10.7 Å². The van der Waals surface area contributed by atoms with Crippen LogP contribution in [-0.4, -0.2) is 20.9 Å². The van der Waals surface area contributed by atoms with E-state index in [0.29, 0.717) is 16.3 Å². The molecule has 0 saturated carbocycles. The Hall–Kier alpha value is -2.35. The molecule has 0 aliphatic rings. The van der Waals surface area contributed by atoms with Crippen LogP contribution in [0.5, 0.6) is 0 Å². The van der Waals surface area contributed by atoms with Crippen molar-refractivity contribution >= 4 is 51.6 Å². The molecule has 0 aliphatic carbocycles. The van der Waals surface area contributed by atoms with Crippen LogP contribution in [0.2, 0.25) is 5.02 Å². The molecular weight excluding hydrogens is 388 g/mol. The Morgan fingerprint density at radius 3 is 2.77 bits per heavy atom. The minimum absolute atomic E-state index is 0.431. The molecule has 0 atom stereocenters. The van der Waals surface area contributed by atoms with Crippen LogP contribution in [0, 0.1) is 0 Å². The van der Waals surface area contributed by atoms with E-state index in [-0.39, 0.29) is 0 Å². The number of aromatic amines is 1. The fourth-order valence-electron chi connectivity index (χ4n) is 2.45. The molecule has 2 heterocycles. The molecule has 0 bridgehead atoms. The molecular formula is C18H13ClN4OS2. The number of aromatic nitrogens is 3. The Labute approximate surface area is 162 Å². The van der Waals surface area contributed by atoms with Crippen LogP contribution < -0.4 is 5.73 Å². The van der Waals surface area contributed by atoms with Crippen LogP contribution in [0.25, 0.3) is 21.6 Å². The number of thiazole rings is 1. The quantitative estimate of drug-likeness (QED) is 0.474. The first kappa shape index (κ1) is 17.1. The molecule has 0 aliphatic heterocycles. The van der Waals surface area contributed by atoms with Gasteiger partial charge in [0.25, 0.3) is 0 Å². The van der Waals surface area contributed by atoms with E-state index in [1.54, 1.807) is 35.2 Å². The van der Waals surface area contributed by atoms with Gasteiger partial charge in [-0.25, -0.2) is 9.97 Å². The van der Waals surface area contributed by atoms with Crippen molar-refractivity contribution < 1.29 is 4.79 Å². The third kappa shape index (κ3) is 3.60. The normalized spacial score (nSPS) is 11.1. The highest BCUT2D eigenvalue weighted by molar-refractivity contribution is 7.98. The molecule has 8 heteroatoms.